The fourth-order valence-electron chi connectivity index (χ4n) is 0.446. The van der Waals surface area contributed by atoms with Crippen LogP contribution in [0.1, 0.15) is 8.35 Å². The Morgan fingerprint density at radius 3 is 3.00 bits per heavy atom. The Morgan fingerprint density at radius 2 is 2.83 bits per heavy atom. The molecule has 0 atom stereocenters. The van der Waals surface area contributed by atoms with E-state index >= 15 is 0 Å². The molecule has 0 saturated carbocycles. The Bertz CT molecular complexity index is 79.8. The highest BCUT2D eigenvalue weighted by Crippen LogP contribution is 1.85. The van der Waals surface area contributed by atoms with Gasteiger partial charge in [0.15, 0.2) is 0 Å². The normalized spacial score (nSPS) is 18.5. The van der Waals surface area contributed by atoms with Crippen molar-refractivity contribution in [2.45, 2.75) is 6.92 Å². The van der Waals surface area contributed by atoms with Crippen molar-refractivity contribution in [3.05, 3.63) is 11.9 Å². The van der Waals surface area contributed by atoms with E-state index in [0.717, 1.165) is 6.67 Å². The summed E-state index contributed by atoms with van der Waals surface area (Å²) in [6.45, 7) is 2.92. The molecule has 0 spiro atoms. The molecule has 1 heterocycles. The summed E-state index contributed by atoms with van der Waals surface area (Å²) in [5.41, 5.74) is 1.22. The minimum atomic E-state index is 0. The van der Waals surface area contributed by atoms with Crippen LogP contribution in [0.5, 0.6) is 0 Å². The van der Waals surface area contributed by atoms with Crippen LogP contribution in [0.4, 0.5) is 0 Å². The summed E-state index contributed by atoms with van der Waals surface area (Å²) >= 11 is 0. The zero-order valence-electron chi connectivity index (χ0n) is 3.78. The second kappa shape index (κ2) is 1.20. The molecule has 2 nitrogen and oxygen atoms in total. The standard InChI is InChI=1S/C4H8N2.H2/c1-4-2-5-3-6-4;/h2,5-6H,3H2,1H3;1H. The van der Waals surface area contributed by atoms with Gasteiger partial charge in [-0.05, 0) is 6.92 Å². The third-order valence-corrected chi connectivity index (χ3v) is 0.788. The lowest BCUT2D eigenvalue weighted by Gasteiger charge is -1.88. The first-order valence-corrected chi connectivity index (χ1v) is 2.03. The Kier molecular flexibility index (Phi) is 0.708. The molecule has 0 aromatic heterocycles. The van der Waals surface area contributed by atoms with Gasteiger partial charge < -0.3 is 10.6 Å². The summed E-state index contributed by atoms with van der Waals surface area (Å²) in [5.74, 6) is 0. The van der Waals surface area contributed by atoms with Crippen LogP contribution in [0.25, 0.3) is 0 Å². The van der Waals surface area contributed by atoms with E-state index in [1.54, 1.807) is 0 Å². The van der Waals surface area contributed by atoms with Gasteiger partial charge in [0.05, 0.1) is 6.67 Å². The molecule has 0 aliphatic carbocycles. The van der Waals surface area contributed by atoms with Crippen LogP contribution in [0.2, 0.25) is 0 Å². The van der Waals surface area contributed by atoms with Crippen molar-refractivity contribution in [1.82, 2.24) is 10.6 Å². The Hall–Kier alpha value is -0.660. The third-order valence-electron chi connectivity index (χ3n) is 0.788. The molecule has 1 aliphatic rings. The highest BCUT2D eigenvalue weighted by Gasteiger charge is 1.89. The number of rotatable bonds is 0. The van der Waals surface area contributed by atoms with E-state index in [9.17, 15) is 0 Å². The largest absolute Gasteiger partial charge is 0.372 e. The molecule has 6 heavy (non-hydrogen) atoms. The quantitative estimate of drug-likeness (QED) is 0.441. The molecule has 0 radical (unpaired) electrons. The van der Waals surface area contributed by atoms with Gasteiger partial charge in [0.25, 0.3) is 0 Å². The van der Waals surface area contributed by atoms with E-state index in [-0.39, 0.29) is 1.43 Å². The summed E-state index contributed by atoms with van der Waals surface area (Å²) in [7, 11) is 0. The van der Waals surface area contributed by atoms with Crippen molar-refractivity contribution in [2.24, 2.45) is 0 Å². The minimum absolute atomic E-state index is 0. The van der Waals surface area contributed by atoms with Gasteiger partial charge >= 0.3 is 0 Å². The van der Waals surface area contributed by atoms with Crippen LogP contribution in [-0.4, -0.2) is 6.67 Å². The molecule has 0 amide bonds. The molecular formula is C4H10N2. The first-order valence-electron chi connectivity index (χ1n) is 2.03. The minimum Gasteiger partial charge on any atom is -0.372 e. The molecule has 1 aliphatic heterocycles. The highest BCUT2D eigenvalue weighted by atomic mass is 15.1. The first-order chi connectivity index (χ1) is 2.89. The Morgan fingerprint density at radius 1 is 2.00 bits per heavy atom. The second-order valence-corrected chi connectivity index (χ2v) is 1.39. The number of hydrogen-bond acceptors (Lipinski definition) is 2. The predicted molar refractivity (Wildman–Crippen MR) is 27.0 cm³/mol. The maximum absolute atomic E-state index is 3.07. The van der Waals surface area contributed by atoms with E-state index in [1.165, 1.54) is 5.70 Å². The average molecular weight is 86.1 g/mol. The van der Waals surface area contributed by atoms with E-state index in [2.05, 4.69) is 10.6 Å². The van der Waals surface area contributed by atoms with Crippen LogP contribution in [0, 0.1) is 0 Å². The predicted octanol–water partition coefficient (Wildman–Crippen LogP) is 0.244. The molecule has 0 aromatic carbocycles. The number of allylic oxidation sites excluding steroid dienone is 1. The SMILES string of the molecule is CC1=CNCN1.[HH]. The van der Waals surface area contributed by atoms with Crippen molar-refractivity contribution >= 4 is 0 Å². The number of hydrogen-bond donors (Lipinski definition) is 2. The Balaban J connectivity index is 0.000000360. The first kappa shape index (κ1) is 3.53. The Labute approximate surface area is 38.7 Å². The van der Waals surface area contributed by atoms with Crippen molar-refractivity contribution in [3.8, 4) is 0 Å². The molecule has 2 N–H and O–H groups in total. The molecule has 0 saturated heterocycles. The molecule has 36 valence electrons. The van der Waals surface area contributed by atoms with Gasteiger partial charge in [0.2, 0.25) is 0 Å². The summed E-state index contributed by atoms with van der Waals surface area (Å²) in [5, 5.41) is 6.07. The molecule has 0 unspecified atom stereocenters. The van der Waals surface area contributed by atoms with Crippen molar-refractivity contribution in [1.29, 1.82) is 0 Å². The van der Waals surface area contributed by atoms with Crippen LogP contribution in [-0.2, 0) is 0 Å². The zero-order chi connectivity index (χ0) is 4.41. The van der Waals surface area contributed by atoms with Crippen LogP contribution in [0.3, 0.4) is 0 Å². The molecule has 0 aromatic rings. The molecule has 0 fully saturated rings. The zero-order valence-corrected chi connectivity index (χ0v) is 3.78. The molecule has 0 bridgehead atoms. The summed E-state index contributed by atoms with van der Waals surface area (Å²) < 4.78 is 0. The summed E-state index contributed by atoms with van der Waals surface area (Å²) in [6, 6.07) is 0. The maximum Gasteiger partial charge on any atom is 0.0843 e. The van der Waals surface area contributed by atoms with E-state index < -0.39 is 0 Å². The molecule has 2 heteroatoms. The van der Waals surface area contributed by atoms with Crippen LogP contribution in [0.15, 0.2) is 11.9 Å². The third kappa shape index (κ3) is 0.455. The van der Waals surface area contributed by atoms with Gasteiger partial charge in [-0.3, -0.25) is 0 Å². The monoisotopic (exact) mass is 86.1 g/mol. The maximum atomic E-state index is 3.07. The number of nitrogens with one attached hydrogen (secondary N) is 2. The second-order valence-electron chi connectivity index (χ2n) is 1.39. The van der Waals surface area contributed by atoms with Gasteiger partial charge in [-0.1, -0.05) is 0 Å². The lowest BCUT2D eigenvalue weighted by molar-refractivity contribution is 0.813. The summed E-state index contributed by atoms with van der Waals surface area (Å²) in [4.78, 5) is 0. The highest BCUT2D eigenvalue weighted by molar-refractivity contribution is 4.98. The fourth-order valence-corrected chi connectivity index (χ4v) is 0.446. The summed E-state index contributed by atoms with van der Waals surface area (Å²) in [6.07, 6.45) is 1.96. The van der Waals surface area contributed by atoms with Gasteiger partial charge in [-0.25, -0.2) is 0 Å². The topological polar surface area (TPSA) is 24.1 Å². The van der Waals surface area contributed by atoms with Crippen LogP contribution < -0.4 is 10.6 Å². The van der Waals surface area contributed by atoms with Crippen LogP contribution >= 0.6 is 0 Å². The van der Waals surface area contributed by atoms with Crippen molar-refractivity contribution in [3.63, 3.8) is 0 Å². The lowest BCUT2D eigenvalue weighted by Crippen LogP contribution is -2.12. The molecule has 1 rings (SSSR count). The smallest absolute Gasteiger partial charge is 0.0843 e. The van der Waals surface area contributed by atoms with Gasteiger partial charge in [0, 0.05) is 13.3 Å². The van der Waals surface area contributed by atoms with E-state index in [4.69, 9.17) is 0 Å². The molecular weight excluding hydrogens is 76.1 g/mol. The van der Waals surface area contributed by atoms with Gasteiger partial charge in [-0.2, -0.15) is 0 Å². The van der Waals surface area contributed by atoms with E-state index in [1.807, 2.05) is 13.1 Å². The van der Waals surface area contributed by atoms with Crippen molar-refractivity contribution < 1.29 is 1.43 Å². The fraction of sp³-hybridized carbons (Fsp3) is 0.500. The van der Waals surface area contributed by atoms with Gasteiger partial charge in [0.1, 0.15) is 0 Å². The van der Waals surface area contributed by atoms with E-state index in [0.29, 0.717) is 0 Å². The lowest BCUT2D eigenvalue weighted by atomic mass is 10.6. The average Bonchev–Trinajstić information content (AvgIpc) is 1.86. The van der Waals surface area contributed by atoms with Gasteiger partial charge in [-0.15, -0.1) is 0 Å². The van der Waals surface area contributed by atoms with Crippen molar-refractivity contribution in [2.75, 3.05) is 6.67 Å².